The Balaban J connectivity index is 2.26. The number of nitrogens with one attached hydrogen (secondary N) is 1. The Morgan fingerprint density at radius 3 is 2.33 bits per heavy atom. The number of benzene rings is 2. The molecule has 0 aliphatic carbocycles. The van der Waals surface area contributed by atoms with Gasteiger partial charge in [-0.3, -0.25) is 9.10 Å². The number of amides is 1. The molecule has 0 unspecified atom stereocenters. The maximum atomic E-state index is 12.8. The Kier molecular flexibility index (Phi) is 7.10. The summed E-state index contributed by atoms with van der Waals surface area (Å²) in [4.78, 5) is 12.8. The number of carbonyl (C=O) groups is 1. The maximum absolute atomic E-state index is 12.8. The highest BCUT2D eigenvalue weighted by atomic mass is 35.5. The lowest BCUT2D eigenvalue weighted by Gasteiger charge is -2.30. The van der Waals surface area contributed by atoms with Crippen molar-refractivity contribution in [3.63, 3.8) is 0 Å². The topological polar surface area (TPSA) is 75.7 Å². The Morgan fingerprint density at radius 1 is 1.19 bits per heavy atom. The minimum absolute atomic E-state index is 0.217. The van der Waals surface area contributed by atoms with E-state index in [-0.39, 0.29) is 6.54 Å². The van der Waals surface area contributed by atoms with Crippen LogP contribution in [0.15, 0.2) is 48.5 Å². The molecule has 27 heavy (non-hydrogen) atoms. The molecule has 2 aromatic rings. The number of nitrogens with zero attached hydrogens (tertiary/aromatic N) is 1. The van der Waals surface area contributed by atoms with E-state index in [0.29, 0.717) is 22.9 Å². The van der Waals surface area contributed by atoms with Gasteiger partial charge in [-0.2, -0.15) is 0 Å². The van der Waals surface area contributed by atoms with Crippen molar-refractivity contribution in [1.82, 2.24) is 5.32 Å². The molecule has 0 aliphatic heterocycles. The van der Waals surface area contributed by atoms with Crippen LogP contribution < -0.4 is 14.4 Å². The number of hydrogen-bond acceptors (Lipinski definition) is 4. The van der Waals surface area contributed by atoms with E-state index in [1.807, 2.05) is 6.07 Å². The summed E-state index contributed by atoms with van der Waals surface area (Å²) in [5.41, 5.74) is 1.16. The van der Waals surface area contributed by atoms with Crippen LogP contribution in [0.2, 0.25) is 5.02 Å². The van der Waals surface area contributed by atoms with Gasteiger partial charge in [0.2, 0.25) is 15.9 Å². The van der Waals surface area contributed by atoms with Gasteiger partial charge in [0.15, 0.2) is 0 Å². The van der Waals surface area contributed by atoms with Crippen molar-refractivity contribution in [2.45, 2.75) is 25.9 Å². The predicted molar refractivity (Wildman–Crippen MR) is 108 cm³/mol. The second-order valence-electron chi connectivity index (χ2n) is 5.99. The number of sulfonamides is 1. The zero-order valence-corrected chi connectivity index (χ0v) is 17.0. The number of halogens is 1. The molecular weight excluding hydrogens is 388 g/mol. The van der Waals surface area contributed by atoms with E-state index in [0.717, 1.165) is 16.1 Å². The molecule has 0 radical (unpaired) electrons. The monoisotopic (exact) mass is 410 g/mol. The molecule has 1 atom stereocenters. The van der Waals surface area contributed by atoms with Crippen LogP contribution >= 0.6 is 11.6 Å². The van der Waals surface area contributed by atoms with E-state index in [1.165, 1.54) is 7.11 Å². The molecule has 2 rings (SSSR count). The number of methoxy groups -OCH3 is 1. The lowest BCUT2D eigenvalue weighted by atomic mass is 10.1. The number of anilines is 1. The summed E-state index contributed by atoms with van der Waals surface area (Å²) in [6.45, 7) is 1.98. The first-order valence-corrected chi connectivity index (χ1v) is 10.6. The summed E-state index contributed by atoms with van der Waals surface area (Å²) in [6.07, 6.45) is 1.40. The van der Waals surface area contributed by atoms with Gasteiger partial charge < -0.3 is 10.1 Å². The van der Waals surface area contributed by atoms with Crippen molar-refractivity contribution in [2.75, 3.05) is 17.7 Å². The third kappa shape index (κ3) is 5.37. The first-order chi connectivity index (χ1) is 12.8. The van der Waals surface area contributed by atoms with E-state index < -0.39 is 22.0 Å². The Bertz CT molecular complexity index is 885. The highest BCUT2D eigenvalue weighted by molar-refractivity contribution is 7.92. The van der Waals surface area contributed by atoms with Crippen LogP contribution in [-0.4, -0.2) is 33.7 Å². The molecule has 1 amide bonds. The number of rotatable bonds is 8. The molecule has 2 aromatic carbocycles. The Hall–Kier alpha value is -2.25. The molecule has 0 bridgehead atoms. The first-order valence-electron chi connectivity index (χ1n) is 8.42. The average Bonchev–Trinajstić information content (AvgIpc) is 2.64. The molecule has 0 heterocycles. The largest absolute Gasteiger partial charge is 0.497 e. The second-order valence-corrected chi connectivity index (χ2v) is 8.26. The quantitative estimate of drug-likeness (QED) is 0.725. The summed E-state index contributed by atoms with van der Waals surface area (Å²) >= 11 is 6.11. The molecule has 0 saturated heterocycles. The maximum Gasteiger partial charge on any atom is 0.244 e. The average molecular weight is 411 g/mol. The van der Waals surface area contributed by atoms with Gasteiger partial charge in [-0.1, -0.05) is 36.7 Å². The summed E-state index contributed by atoms with van der Waals surface area (Å²) in [5, 5.41) is 3.32. The standard InChI is InChI=1S/C19H23ClN2O4S/c1-4-18(19(23)21-13-14-7-5-6-8-17(14)20)22(27(3,24)25)15-9-11-16(26-2)12-10-15/h5-12,18H,4,13H2,1-3H3,(H,21,23)/t18-/m1/s1. The van der Waals surface area contributed by atoms with Crippen LogP contribution in [0.4, 0.5) is 5.69 Å². The fraction of sp³-hybridized carbons (Fsp3) is 0.316. The van der Waals surface area contributed by atoms with Gasteiger partial charge >= 0.3 is 0 Å². The van der Waals surface area contributed by atoms with Crippen LogP contribution in [0.5, 0.6) is 5.75 Å². The molecule has 0 saturated carbocycles. The highest BCUT2D eigenvalue weighted by Gasteiger charge is 2.31. The minimum Gasteiger partial charge on any atom is -0.497 e. The normalized spacial score (nSPS) is 12.3. The molecule has 8 heteroatoms. The van der Waals surface area contributed by atoms with E-state index in [9.17, 15) is 13.2 Å². The van der Waals surface area contributed by atoms with Gasteiger partial charge in [0.25, 0.3) is 0 Å². The summed E-state index contributed by atoms with van der Waals surface area (Å²) in [5.74, 6) is 0.210. The first kappa shape index (κ1) is 21.1. The molecule has 0 aromatic heterocycles. The minimum atomic E-state index is -3.68. The van der Waals surface area contributed by atoms with Gasteiger partial charge in [-0.25, -0.2) is 8.42 Å². The van der Waals surface area contributed by atoms with Gasteiger partial charge in [-0.05, 0) is 42.3 Å². The molecule has 146 valence electrons. The molecule has 0 spiro atoms. The van der Waals surface area contributed by atoms with Crippen molar-refractivity contribution in [3.05, 3.63) is 59.1 Å². The lowest BCUT2D eigenvalue weighted by Crippen LogP contribution is -2.49. The molecule has 0 fully saturated rings. The van der Waals surface area contributed by atoms with Crippen molar-refractivity contribution >= 4 is 33.2 Å². The van der Waals surface area contributed by atoms with Gasteiger partial charge in [-0.15, -0.1) is 0 Å². The molecular formula is C19H23ClN2O4S. The van der Waals surface area contributed by atoms with Crippen molar-refractivity contribution in [1.29, 1.82) is 0 Å². The van der Waals surface area contributed by atoms with Crippen molar-refractivity contribution in [3.8, 4) is 5.75 Å². The van der Waals surface area contributed by atoms with E-state index in [1.54, 1.807) is 49.4 Å². The number of ether oxygens (including phenoxy) is 1. The SMILES string of the molecule is CC[C@H](C(=O)NCc1ccccc1Cl)N(c1ccc(OC)cc1)S(C)(=O)=O. The summed E-state index contributed by atoms with van der Waals surface area (Å²) < 4.78 is 31.1. The van der Waals surface area contributed by atoms with Crippen LogP contribution in [0, 0.1) is 0 Å². The van der Waals surface area contributed by atoms with Crippen LogP contribution in [0.1, 0.15) is 18.9 Å². The summed E-state index contributed by atoms with van der Waals surface area (Å²) in [6, 6.07) is 12.8. The van der Waals surface area contributed by atoms with Gasteiger partial charge in [0.05, 0.1) is 19.1 Å². The Labute approximate surface area is 165 Å². The third-order valence-electron chi connectivity index (χ3n) is 4.07. The van der Waals surface area contributed by atoms with E-state index in [2.05, 4.69) is 5.32 Å². The third-order valence-corrected chi connectivity index (χ3v) is 5.62. The van der Waals surface area contributed by atoms with Crippen LogP contribution in [0.25, 0.3) is 0 Å². The molecule has 6 nitrogen and oxygen atoms in total. The number of hydrogen-bond donors (Lipinski definition) is 1. The predicted octanol–water partition coefficient (Wildman–Crippen LogP) is 3.21. The molecule has 0 aliphatic rings. The second kappa shape index (κ2) is 9.10. The lowest BCUT2D eigenvalue weighted by molar-refractivity contribution is -0.122. The van der Waals surface area contributed by atoms with Gasteiger partial charge in [0.1, 0.15) is 11.8 Å². The van der Waals surface area contributed by atoms with Crippen molar-refractivity contribution in [2.24, 2.45) is 0 Å². The van der Waals surface area contributed by atoms with E-state index >= 15 is 0 Å². The summed E-state index contributed by atoms with van der Waals surface area (Å²) in [7, 11) is -2.15. The Morgan fingerprint density at radius 2 is 1.81 bits per heavy atom. The zero-order chi connectivity index (χ0) is 20.0. The fourth-order valence-corrected chi connectivity index (χ4v) is 4.15. The van der Waals surface area contributed by atoms with Crippen molar-refractivity contribution < 1.29 is 17.9 Å². The van der Waals surface area contributed by atoms with Gasteiger partial charge in [0, 0.05) is 11.6 Å². The van der Waals surface area contributed by atoms with E-state index in [4.69, 9.17) is 16.3 Å². The zero-order valence-electron chi connectivity index (χ0n) is 15.5. The smallest absolute Gasteiger partial charge is 0.244 e. The molecule has 1 N–H and O–H groups in total. The van der Waals surface area contributed by atoms with Crippen LogP contribution in [0.3, 0.4) is 0 Å². The highest BCUT2D eigenvalue weighted by Crippen LogP contribution is 2.25. The van der Waals surface area contributed by atoms with Crippen LogP contribution in [-0.2, 0) is 21.4 Å². The fourth-order valence-electron chi connectivity index (χ4n) is 2.73. The number of carbonyl (C=O) groups excluding carboxylic acids is 1.